The number of nitrogens with one attached hydrogen (secondary N) is 1. The summed E-state index contributed by atoms with van der Waals surface area (Å²) in [7, 11) is 0. The van der Waals surface area contributed by atoms with E-state index in [1.807, 2.05) is 0 Å². The van der Waals surface area contributed by atoms with E-state index in [9.17, 15) is 4.79 Å². The number of carbonyl (C=O) groups is 1. The number of amides is 1. The summed E-state index contributed by atoms with van der Waals surface area (Å²) in [6.07, 6.45) is 0. The molecule has 0 aliphatic heterocycles. The first-order valence-corrected chi connectivity index (χ1v) is 2.96. The van der Waals surface area contributed by atoms with Crippen LogP contribution in [0.4, 0.5) is 5.13 Å². The molecule has 0 spiro atoms. The van der Waals surface area contributed by atoms with Gasteiger partial charge in [0.05, 0.1) is 0 Å². The molecule has 0 atom stereocenters. The largest absolute Gasteiger partial charge is 0.301 e. The normalized spacial score (nSPS) is 15.3. The fourth-order valence-electron chi connectivity index (χ4n) is 0.325. The Kier molecular flexibility index (Phi) is 0.921. The second-order valence-corrected chi connectivity index (χ2v) is 2.03. The van der Waals surface area contributed by atoms with E-state index in [1.165, 1.54) is 5.51 Å². The van der Waals surface area contributed by atoms with Crippen molar-refractivity contribution in [2.24, 2.45) is 0 Å². The molecule has 0 saturated heterocycles. The molecule has 0 saturated carbocycles. The summed E-state index contributed by atoms with van der Waals surface area (Å²) in [5.41, 5.74) is 1.40. The summed E-state index contributed by atoms with van der Waals surface area (Å²) in [4.78, 5) is 10.8. The van der Waals surface area contributed by atoms with Crippen LogP contribution in [0.2, 0.25) is 0 Å². The van der Waals surface area contributed by atoms with Gasteiger partial charge in [-0.2, -0.15) is 0 Å². The molecule has 0 aliphatic carbocycles. The fraction of sp³-hybridized carbons (Fsp3) is 0.250. The first kappa shape index (κ1) is 3.26. The molecule has 5 heteroatoms. The molecule has 1 rings (SSSR count). The Morgan fingerprint density at radius 1 is 2.11 bits per heavy atom. The van der Waals surface area contributed by atoms with Gasteiger partial charge >= 0.3 is 0 Å². The molecule has 0 radical (unpaired) electrons. The van der Waals surface area contributed by atoms with Gasteiger partial charge in [-0.05, 0) is 0 Å². The van der Waals surface area contributed by atoms with E-state index in [0.29, 0.717) is 0 Å². The summed E-state index contributed by atoms with van der Waals surface area (Å²) < 4.78 is 20.2. The Morgan fingerprint density at radius 2 is 3.00 bits per heavy atom. The molecule has 1 amide bonds. The van der Waals surface area contributed by atoms with Gasteiger partial charge in [0.2, 0.25) is 11.0 Å². The van der Waals surface area contributed by atoms with Crippen molar-refractivity contribution >= 4 is 22.4 Å². The van der Waals surface area contributed by atoms with E-state index in [-0.39, 0.29) is 5.13 Å². The maximum absolute atomic E-state index is 10.8. The van der Waals surface area contributed by atoms with E-state index in [1.54, 1.807) is 0 Å². The monoisotopic (exact) mass is 146 g/mol. The van der Waals surface area contributed by atoms with Crippen molar-refractivity contribution in [2.75, 3.05) is 5.32 Å². The van der Waals surface area contributed by atoms with Crippen LogP contribution in [-0.4, -0.2) is 16.1 Å². The maximum Gasteiger partial charge on any atom is 0.223 e. The molecule has 1 aromatic rings. The molecule has 1 N–H and O–H groups in total. The average Bonchev–Trinajstić information content (AvgIpc) is 2.37. The quantitative estimate of drug-likeness (QED) is 0.627. The van der Waals surface area contributed by atoms with E-state index in [0.717, 1.165) is 11.3 Å². The number of nitrogens with zero attached hydrogens (tertiary/aromatic N) is 2. The zero-order chi connectivity index (χ0) is 9.19. The van der Waals surface area contributed by atoms with Crippen molar-refractivity contribution < 1.29 is 8.91 Å². The molecule has 1 aromatic heterocycles. The number of rotatable bonds is 1. The first-order valence-electron chi connectivity index (χ1n) is 3.58. The number of hydrogen-bond acceptors (Lipinski definition) is 4. The molecule has 0 fully saturated rings. The number of carbonyl (C=O) groups excluding carboxylic acids is 1. The number of hydrogen-bond donors (Lipinski definition) is 1. The van der Waals surface area contributed by atoms with Crippen LogP contribution in [0.25, 0.3) is 0 Å². The van der Waals surface area contributed by atoms with Gasteiger partial charge in [0.15, 0.2) is 0 Å². The minimum atomic E-state index is -2.63. The van der Waals surface area contributed by atoms with E-state index in [4.69, 9.17) is 4.11 Å². The Morgan fingerprint density at radius 3 is 3.56 bits per heavy atom. The third kappa shape index (κ3) is 1.77. The first-order chi connectivity index (χ1) is 5.50. The third-order valence-electron chi connectivity index (χ3n) is 0.580. The predicted molar refractivity (Wildman–Crippen MR) is 34.2 cm³/mol. The highest BCUT2D eigenvalue weighted by molar-refractivity contribution is 7.13. The molecular formula is C4H5N3OS. The lowest BCUT2D eigenvalue weighted by molar-refractivity contribution is -0.114. The molecule has 0 unspecified atom stereocenters. The van der Waals surface area contributed by atoms with Gasteiger partial charge in [-0.15, -0.1) is 10.2 Å². The highest BCUT2D eigenvalue weighted by Gasteiger charge is 1.95. The second kappa shape index (κ2) is 2.54. The molecule has 9 heavy (non-hydrogen) atoms. The lowest BCUT2D eigenvalue weighted by Gasteiger charge is -1.89. The highest BCUT2D eigenvalue weighted by Crippen LogP contribution is 2.06. The second-order valence-electron chi connectivity index (χ2n) is 1.20. The lowest BCUT2D eigenvalue weighted by atomic mass is 10.7. The van der Waals surface area contributed by atoms with Crippen LogP contribution in [0.3, 0.4) is 0 Å². The Hall–Kier alpha value is -0.970. The Labute approximate surface area is 60.1 Å². The van der Waals surface area contributed by atoms with Gasteiger partial charge in [0, 0.05) is 11.0 Å². The molecule has 0 bridgehead atoms. The zero-order valence-electron chi connectivity index (χ0n) is 7.29. The van der Waals surface area contributed by atoms with Crippen molar-refractivity contribution in [3.8, 4) is 0 Å². The SMILES string of the molecule is [2H]C([2H])([2H])C(=O)Nc1nncs1. The minimum Gasteiger partial charge on any atom is -0.301 e. The topological polar surface area (TPSA) is 54.9 Å². The number of aromatic nitrogens is 2. The highest BCUT2D eigenvalue weighted by atomic mass is 32.1. The summed E-state index contributed by atoms with van der Waals surface area (Å²) in [6.45, 7) is -2.63. The summed E-state index contributed by atoms with van der Waals surface area (Å²) in [5.74, 6) is -1.04. The van der Waals surface area contributed by atoms with Gasteiger partial charge in [-0.1, -0.05) is 11.3 Å². The molecular weight excluding hydrogens is 138 g/mol. The van der Waals surface area contributed by atoms with Crippen molar-refractivity contribution in [3.05, 3.63) is 5.51 Å². The van der Waals surface area contributed by atoms with Gasteiger partial charge in [0.25, 0.3) is 0 Å². The summed E-state index contributed by atoms with van der Waals surface area (Å²) in [6, 6.07) is 0. The zero-order valence-corrected chi connectivity index (χ0v) is 5.10. The van der Waals surface area contributed by atoms with E-state index >= 15 is 0 Å². The van der Waals surface area contributed by atoms with Gasteiger partial charge < -0.3 is 5.32 Å². The van der Waals surface area contributed by atoms with Crippen molar-refractivity contribution in [1.29, 1.82) is 0 Å². The lowest BCUT2D eigenvalue weighted by Crippen LogP contribution is -2.04. The van der Waals surface area contributed by atoms with Crippen LogP contribution in [-0.2, 0) is 4.79 Å². The van der Waals surface area contributed by atoms with Crippen LogP contribution < -0.4 is 5.32 Å². The molecule has 0 aromatic carbocycles. The predicted octanol–water partition coefficient (Wildman–Crippen LogP) is 0.496. The van der Waals surface area contributed by atoms with Crippen LogP contribution in [0.15, 0.2) is 5.51 Å². The Balaban J connectivity index is 2.60. The number of anilines is 1. The molecule has 4 nitrogen and oxygen atoms in total. The van der Waals surface area contributed by atoms with Crippen LogP contribution in [0.5, 0.6) is 0 Å². The van der Waals surface area contributed by atoms with E-state index < -0.39 is 12.8 Å². The average molecular weight is 146 g/mol. The minimum absolute atomic E-state index is 0.191. The van der Waals surface area contributed by atoms with Gasteiger partial charge in [-0.3, -0.25) is 4.79 Å². The van der Waals surface area contributed by atoms with Crippen LogP contribution >= 0.6 is 11.3 Å². The summed E-state index contributed by atoms with van der Waals surface area (Å²) in [5, 5.41) is 9.18. The van der Waals surface area contributed by atoms with Gasteiger partial charge in [-0.25, -0.2) is 0 Å². The molecule has 48 valence electrons. The molecule has 1 heterocycles. The van der Waals surface area contributed by atoms with Gasteiger partial charge in [0.1, 0.15) is 5.51 Å². The smallest absolute Gasteiger partial charge is 0.223 e. The van der Waals surface area contributed by atoms with Crippen molar-refractivity contribution in [1.82, 2.24) is 10.2 Å². The van der Waals surface area contributed by atoms with Crippen molar-refractivity contribution in [2.45, 2.75) is 6.85 Å². The fourth-order valence-corrected chi connectivity index (χ4v) is 0.765. The van der Waals surface area contributed by atoms with Crippen LogP contribution in [0.1, 0.15) is 11.0 Å². The van der Waals surface area contributed by atoms with Crippen LogP contribution in [0, 0.1) is 0 Å². The maximum atomic E-state index is 10.8. The van der Waals surface area contributed by atoms with Crippen molar-refractivity contribution in [3.63, 3.8) is 0 Å². The summed E-state index contributed by atoms with van der Waals surface area (Å²) >= 11 is 1.06. The van der Waals surface area contributed by atoms with E-state index in [2.05, 4.69) is 15.5 Å². The third-order valence-corrected chi connectivity index (χ3v) is 1.19. The standard InChI is InChI=1S/C4H5N3OS/c1-3(8)6-4-7-5-2-9-4/h2H,1H3,(H,6,7,8)/i1D3. The Bertz CT molecular complexity index is 270. The molecule has 0 aliphatic rings.